The van der Waals surface area contributed by atoms with Gasteiger partial charge in [0.1, 0.15) is 17.7 Å². The van der Waals surface area contributed by atoms with Gasteiger partial charge in [0, 0.05) is 5.56 Å². The summed E-state index contributed by atoms with van der Waals surface area (Å²) in [4.78, 5) is 32.8. The first-order valence-corrected chi connectivity index (χ1v) is 5.45. The summed E-state index contributed by atoms with van der Waals surface area (Å²) >= 11 is 0. The van der Waals surface area contributed by atoms with Crippen LogP contribution in [0.2, 0.25) is 0 Å². The van der Waals surface area contributed by atoms with Gasteiger partial charge >= 0.3 is 11.9 Å². The van der Waals surface area contributed by atoms with E-state index in [1.54, 1.807) is 0 Å². The van der Waals surface area contributed by atoms with Gasteiger partial charge in [-0.2, -0.15) is 0 Å². The van der Waals surface area contributed by atoms with Crippen molar-refractivity contribution in [2.24, 2.45) is 0 Å². The maximum atomic E-state index is 11.5. The maximum absolute atomic E-state index is 11.5. The van der Waals surface area contributed by atoms with Gasteiger partial charge in [-0.15, -0.1) is 0 Å². The smallest absolute Gasteiger partial charge is 0.354 e. The second kappa shape index (κ2) is 6.93. The number of anilines is 1. The van der Waals surface area contributed by atoms with E-state index in [1.807, 2.05) is 0 Å². The molecule has 0 heterocycles. The molecule has 0 saturated heterocycles. The molecule has 0 aromatic heterocycles. The van der Waals surface area contributed by atoms with E-state index >= 15 is 0 Å². The first-order chi connectivity index (χ1) is 9.51. The van der Waals surface area contributed by atoms with Crippen molar-refractivity contribution >= 4 is 23.9 Å². The largest absolute Gasteiger partial charge is 0.495 e. The monoisotopic (exact) mass is 279 g/mol. The molecule has 0 bridgehead atoms. The Morgan fingerprint density at radius 2 is 2.00 bits per heavy atom. The summed E-state index contributed by atoms with van der Waals surface area (Å²) in [5.74, 6) is -1.86. The molecule has 7 heteroatoms. The Labute approximate surface area is 114 Å². The molecule has 0 radical (unpaired) electrons. The van der Waals surface area contributed by atoms with Gasteiger partial charge in [-0.25, -0.2) is 9.59 Å². The van der Waals surface area contributed by atoms with Crippen molar-refractivity contribution in [3.05, 3.63) is 35.5 Å². The number of benzene rings is 1. The minimum atomic E-state index is -1.30. The number of ether oxygens (including phenoxy) is 2. The lowest BCUT2D eigenvalue weighted by Gasteiger charge is -2.12. The number of nitrogens with one attached hydrogen (secondary N) is 1. The number of aldehydes is 1. The highest BCUT2D eigenvalue weighted by Crippen LogP contribution is 2.26. The summed E-state index contributed by atoms with van der Waals surface area (Å²) in [5, 5.41) is 11.3. The third-order valence-electron chi connectivity index (χ3n) is 2.30. The molecule has 0 spiro atoms. The summed E-state index contributed by atoms with van der Waals surface area (Å²) < 4.78 is 9.53. The minimum absolute atomic E-state index is 0.267. The van der Waals surface area contributed by atoms with Crippen LogP contribution in [0.3, 0.4) is 0 Å². The summed E-state index contributed by atoms with van der Waals surface area (Å²) in [5.41, 5.74) is 0.447. The van der Waals surface area contributed by atoms with Crippen molar-refractivity contribution in [1.29, 1.82) is 0 Å². The van der Waals surface area contributed by atoms with Crippen LogP contribution in [0.1, 0.15) is 10.4 Å². The molecule has 0 aliphatic rings. The molecule has 2 N–H and O–H groups in total. The molecule has 7 nitrogen and oxygen atoms in total. The summed E-state index contributed by atoms with van der Waals surface area (Å²) in [6, 6.07) is 4.43. The van der Waals surface area contributed by atoms with Gasteiger partial charge in [0.25, 0.3) is 0 Å². The molecule has 106 valence electrons. The van der Waals surface area contributed by atoms with Crippen LogP contribution >= 0.6 is 0 Å². The van der Waals surface area contributed by atoms with E-state index in [2.05, 4.69) is 10.1 Å². The van der Waals surface area contributed by atoms with E-state index in [0.717, 1.165) is 7.11 Å². The van der Waals surface area contributed by atoms with Gasteiger partial charge < -0.3 is 19.9 Å². The van der Waals surface area contributed by atoms with Gasteiger partial charge in [-0.1, -0.05) is 0 Å². The number of esters is 1. The van der Waals surface area contributed by atoms with E-state index < -0.39 is 11.9 Å². The molecule has 0 fully saturated rings. The normalized spacial score (nSPS) is 10.6. The summed E-state index contributed by atoms with van der Waals surface area (Å²) in [7, 11) is 2.51. The van der Waals surface area contributed by atoms with Crippen LogP contribution in [0.4, 0.5) is 5.69 Å². The number of carboxylic acids is 1. The van der Waals surface area contributed by atoms with Crippen molar-refractivity contribution in [2.75, 3.05) is 19.5 Å². The van der Waals surface area contributed by atoms with Crippen LogP contribution in [-0.2, 0) is 14.3 Å². The van der Waals surface area contributed by atoms with Gasteiger partial charge in [0.2, 0.25) is 0 Å². The molecule has 0 unspecified atom stereocenters. The number of hydrogen-bond donors (Lipinski definition) is 2. The van der Waals surface area contributed by atoms with E-state index in [9.17, 15) is 14.4 Å². The van der Waals surface area contributed by atoms with Crippen LogP contribution < -0.4 is 10.1 Å². The summed E-state index contributed by atoms with van der Waals surface area (Å²) in [6.45, 7) is 0. The molecule has 1 rings (SSSR count). The average molecular weight is 279 g/mol. The molecule has 0 saturated carbocycles. The summed E-state index contributed by atoms with van der Waals surface area (Å²) in [6.07, 6.45) is 1.32. The molecule has 0 atom stereocenters. The molecule has 1 aromatic rings. The zero-order valence-corrected chi connectivity index (χ0v) is 10.9. The van der Waals surface area contributed by atoms with Crippen LogP contribution in [0.15, 0.2) is 30.0 Å². The molecule has 0 aliphatic carbocycles. The number of aliphatic carboxylic acids is 1. The first-order valence-electron chi connectivity index (χ1n) is 5.45. The number of carbonyl (C=O) groups excluding carboxylic acids is 2. The third kappa shape index (κ3) is 3.84. The Bertz CT molecular complexity index is 564. The number of carboxylic acid groups (broad SMARTS) is 1. The highest BCUT2D eigenvalue weighted by Gasteiger charge is 2.14. The van der Waals surface area contributed by atoms with Gasteiger partial charge in [-0.05, 0) is 18.2 Å². The Balaban J connectivity index is 3.14. The Morgan fingerprint density at radius 3 is 2.50 bits per heavy atom. The predicted octanol–water partition coefficient (Wildman–Crippen LogP) is 1.06. The molecular weight excluding hydrogens is 266 g/mol. The zero-order valence-electron chi connectivity index (χ0n) is 10.9. The fraction of sp³-hybridized carbons (Fsp3) is 0.154. The SMILES string of the molecule is COC(=O)C(=CC(=O)O)Nc1ccc(C=O)cc1OC. The van der Waals surface area contributed by atoms with Crippen LogP contribution in [0, 0.1) is 0 Å². The highest BCUT2D eigenvalue weighted by atomic mass is 16.5. The van der Waals surface area contributed by atoms with Crippen molar-refractivity contribution in [3.63, 3.8) is 0 Å². The van der Waals surface area contributed by atoms with Crippen molar-refractivity contribution in [3.8, 4) is 5.75 Å². The van der Waals surface area contributed by atoms with Gasteiger partial charge in [0.15, 0.2) is 0 Å². The Morgan fingerprint density at radius 1 is 1.30 bits per heavy atom. The maximum Gasteiger partial charge on any atom is 0.354 e. The van der Waals surface area contributed by atoms with E-state index in [0.29, 0.717) is 23.6 Å². The number of rotatable bonds is 6. The van der Waals surface area contributed by atoms with E-state index in [-0.39, 0.29) is 11.4 Å². The number of carbonyl (C=O) groups is 3. The molecule has 0 amide bonds. The molecule has 0 aliphatic heterocycles. The minimum Gasteiger partial charge on any atom is -0.495 e. The lowest BCUT2D eigenvalue weighted by molar-refractivity contribution is -0.137. The topological polar surface area (TPSA) is 102 Å². The lowest BCUT2D eigenvalue weighted by atomic mass is 10.2. The quantitative estimate of drug-likeness (QED) is 0.456. The molecular formula is C13H13NO6. The molecule has 20 heavy (non-hydrogen) atoms. The van der Waals surface area contributed by atoms with Crippen molar-refractivity contribution in [2.45, 2.75) is 0 Å². The second-order valence-electron chi connectivity index (χ2n) is 3.59. The van der Waals surface area contributed by atoms with Gasteiger partial charge in [0.05, 0.1) is 26.0 Å². The lowest BCUT2D eigenvalue weighted by Crippen LogP contribution is -2.15. The zero-order chi connectivity index (χ0) is 15.1. The van der Waals surface area contributed by atoms with E-state index in [1.165, 1.54) is 25.3 Å². The Kier molecular flexibility index (Phi) is 5.28. The average Bonchev–Trinajstić information content (AvgIpc) is 2.45. The fourth-order valence-corrected chi connectivity index (χ4v) is 1.41. The van der Waals surface area contributed by atoms with Crippen molar-refractivity contribution in [1.82, 2.24) is 0 Å². The number of methoxy groups -OCH3 is 2. The van der Waals surface area contributed by atoms with Crippen LogP contribution in [0.25, 0.3) is 0 Å². The van der Waals surface area contributed by atoms with Crippen LogP contribution in [0.5, 0.6) is 5.75 Å². The van der Waals surface area contributed by atoms with E-state index in [4.69, 9.17) is 9.84 Å². The van der Waals surface area contributed by atoms with Crippen molar-refractivity contribution < 1.29 is 29.0 Å². The number of hydrogen-bond acceptors (Lipinski definition) is 6. The Hall–Kier alpha value is -2.83. The highest BCUT2D eigenvalue weighted by molar-refractivity contribution is 5.98. The standard InChI is InChI=1S/C13H13NO6/c1-19-11-5-8(7-15)3-4-9(11)14-10(6-12(16)17)13(18)20-2/h3-7,14H,1-2H3,(H,16,17). The van der Waals surface area contributed by atoms with Crippen LogP contribution in [-0.4, -0.2) is 37.6 Å². The predicted molar refractivity (Wildman–Crippen MR) is 69.7 cm³/mol. The fourth-order valence-electron chi connectivity index (χ4n) is 1.41. The third-order valence-corrected chi connectivity index (χ3v) is 2.30. The van der Waals surface area contributed by atoms with Gasteiger partial charge in [-0.3, -0.25) is 4.79 Å². The second-order valence-corrected chi connectivity index (χ2v) is 3.59. The first kappa shape index (κ1) is 15.2. The molecule has 1 aromatic carbocycles.